The maximum atomic E-state index is 13.3. The Morgan fingerprint density at radius 1 is 1.35 bits per heavy atom. The summed E-state index contributed by atoms with van der Waals surface area (Å²) in [7, 11) is 3.36. The van der Waals surface area contributed by atoms with Crippen molar-refractivity contribution in [2.45, 2.75) is 18.8 Å². The normalized spacial score (nSPS) is 23.1. The van der Waals surface area contributed by atoms with Crippen LogP contribution in [0.4, 0.5) is 4.39 Å². The van der Waals surface area contributed by atoms with Crippen LogP contribution < -0.4 is 5.73 Å². The molecule has 0 aliphatic carbocycles. The molecule has 2 unspecified atom stereocenters. The molecule has 2 N–H and O–H groups in total. The fourth-order valence-corrected chi connectivity index (χ4v) is 2.75. The van der Waals surface area contributed by atoms with Crippen molar-refractivity contribution in [2.24, 2.45) is 5.73 Å². The molecule has 6 heteroatoms. The number of thiocarbonyl (C=S) groups is 1. The summed E-state index contributed by atoms with van der Waals surface area (Å²) in [6.45, 7) is 2.18. The summed E-state index contributed by atoms with van der Waals surface area (Å²) < 4.78 is 24.1. The maximum Gasteiger partial charge on any atom is 0.123 e. The molecule has 1 saturated heterocycles. The van der Waals surface area contributed by atoms with Crippen LogP contribution in [0.1, 0.15) is 11.1 Å². The summed E-state index contributed by atoms with van der Waals surface area (Å²) in [6, 6.07) is 4.54. The van der Waals surface area contributed by atoms with E-state index in [1.54, 1.807) is 20.3 Å². The average molecular weight is 298 g/mol. The van der Waals surface area contributed by atoms with E-state index in [9.17, 15) is 4.39 Å². The minimum Gasteiger partial charge on any atom is -0.389 e. The molecule has 20 heavy (non-hydrogen) atoms. The Bertz CT molecular complexity index is 486. The molecule has 1 aromatic carbocycles. The molecule has 1 aromatic rings. The fourth-order valence-electron chi connectivity index (χ4n) is 2.56. The van der Waals surface area contributed by atoms with E-state index in [4.69, 9.17) is 27.4 Å². The van der Waals surface area contributed by atoms with Crippen LogP contribution in [0.3, 0.4) is 0 Å². The monoisotopic (exact) mass is 298 g/mol. The van der Waals surface area contributed by atoms with Gasteiger partial charge < -0.3 is 15.2 Å². The second-order valence-corrected chi connectivity index (χ2v) is 5.35. The van der Waals surface area contributed by atoms with Gasteiger partial charge in [-0.2, -0.15) is 0 Å². The zero-order valence-corrected chi connectivity index (χ0v) is 12.5. The summed E-state index contributed by atoms with van der Waals surface area (Å²) in [6.07, 6.45) is 0.0995. The third-order valence-electron chi connectivity index (χ3n) is 3.63. The van der Waals surface area contributed by atoms with Crippen LogP contribution in [-0.4, -0.2) is 49.4 Å². The van der Waals surface area contributed by atoms with Gasteiger partial charge in [-0.15, -0.1) is 0 Å². The predicted molar refractivity (Wildman–Crippen MR) is 79.2 cm³/mol. The molecular weight excluding hydrogens is 279 g/mol. The van der Waals surface area contributed by atoms with Crippen molar-refractivity contribution < 1.29 is 13.9 Å². The van der Waals surface area contributed by atoms with Gasteiger partial charge in [0.05, 0.1) is 12.2 Å². The van der Waals surface area contributed by atoms with E-state index in [2.05, 4.69) is 4.90 Å². The van der Waals surface area contributed by atoms with E-state index >= 15 is 0 Å². The summed E-state index contributed by atoms with van der Waals surface area (Å²) in [4.78, 5) is 2.41. The summed E-state index contributed by atoms with van der Waals surface area (Å²) in [5, 5.41) is 0. The Labute approximate surface area is 123 Å². The number of hydrogen-bond acceptors (Lipinski definition) is 4. The van der Waals surface area contributed by atoms with Gasteiger partial charge in [0.1, 0.15) is 10.8 Å². The van der Waals surface area contributed by atoms with E-state index in [0.717, 1.165) is 18.7 Å². The first-order chi connectivity index (χ1) is 9.55. The van der Waals surface area contributed by atoms with Crippen LogP contribution in [0.15, 0.2) is 18.2 Å². The Balaban J connectivity index is 2.13. The lowest BCUT2D eigenvalue weighted by atomic mass is 10.1. The number of nitrogens with zero attached hydrogens (tertiary/aromatic N) is 1. The minimum atomic E-state index is -0.331. The number of methoxy groups -OCH3 is 2. The second kappa shape index (κ2) is 6.58. The average Bonchev–Trinajstić information content (AvgIpc) is 2.82. The Morgan fingerprint density at radius 3 is 2.45 bits per heavy atom. The van der Waals surface area contributed by atoms with Crippen LogP contribution in [0, 0.1) is 5.82 Å². The van der Waals surface area contributed by atoms with Gasteiger partial charge in [-0.05, 0) is 17.7 Å². The Morgan fingerprint density at radius 2 is 1.95 bits per heavy atom. The maximum absolute atomic E-state index is 13.3. The van der Waals surface area contributed by atoms with Gasteiger partial charge in [0, 0.05) is 39.4 Å². The molecular formula is C14H19FN2O2S. The highest BCUT2D eigenvalue weighted by molar-refractivity contribution is 7.80. The molecule has 1 heterocycles. The first kappa shape index (κ1) is 15.3. The highest BCUT2D eigenvalue weighted by Crippen LogP contribution is 2.20. The molecule has 0 saturated carbocycles. The molecule has 1 aliphatic rings. The van der Waals surface area contributed by atoms with E-state index < -0.39 is 0 Å². The summed E-state index contributed by atoms with van der Waals surface area (Å²) >= 11 is 4.99. The molecule has 110 valence electrons. The van der Waals surface area contributed by atoms with Crippen molar-refractivity contribution in [3.05, 3.63) is 35.1 Å². The van der Waals surface area contributed by atoms with Crippen molar-refractivity contribution in [1.29, 1.82) is 0 Å². The molecule has 1 aliphatic heterocycles. The van der Waals surface area contributed by atoms with Crippen LogP contribution in [-0.2, 0) is 16.0 Å². The molecule has 0 spiro atoms. The van der Waals surface area contributed by atoms with Gasteiger partial charge in [-0.1, -0.05) is 18.3 Å². The minimum absolute atomic E-state index is 0.0497. The second-order valence-electron chi connectivity index (χ2n) is 4.91. The van der Waals surface area contributed by atoms with E-state index in [1.807, 2.05) is 0 Å². The third-order valence-corrected chi connectivity index (χ3v) is 3.85. The quantitative estimate of drug-likeness (QED) is 0.831. The number of benzene rings is 1. The van der Waals surface area contributed by atoms with Crippen LogP contribution in [0.5, 0.6) is 0 Å². The number of halogens is 1. The van der Waals surface area contributed by atoms with Crippen molar-refractivity contribution in [1.82, 2.24) is 4.90 Å². The van der Waals surface area contributed by atoms with Gasteiger partial charge in [0.15, 0.2) is 0 Å². The lowest BCUT2D eigenvalue weighted by Gasteiger charge is -2.17. The van der Waals surface area contributed by atoms with Crippen molar-refractivity contribution in [3.63, 3.8) is 0 Å². The number of nitrogens with two attached hydrogens (primary N) is 1. The topological polar surface area (TPSA) is 47.7 Å². The zero-order chi connectivity index (χ0) is 14.7. The van der Waals surface area contributed by atoms with E-state index in [1.165, 1.54) is 12.1 Å². The van der Waals surface area contributed by atoms with Crippen LogP contribution >= 0.6 is 12.2 Å². The number of hydrogen-bond donors (Lipinski definition) is 1. The first-order valence-electron chi connectivity index (χ1n) is 6.41. The zero-order valence-electron chi connectivity index (χ0n) is 11.6. The van der Waals surface area contributed by atoms with Crippen LogP contribution in [0.2, 0.25) is 0 Å². The molecule has 0 aromatic heterocycles. The molecule has 0 radical (unpaired) electrons. The Kier molecular flexibility index (Phi) is 5.04. The molecule has 4 nitrogen and oxygen atoms in total. The number of rotatable bonds is 5. The molecule has 2 rings (SSSR count). The number of ether oxygens (including phenoxy) is 2. The van der Waals surface area contributed by atoms with Gasteiger partial charge in [-0.3, -0.25) is 4.90 Å². The molecule has 1 fully saturated rings. The van der Waals surface area contributed by atoms with Crippen molar-refractivity contribution >= 4 is 17.2 Å². The number of likely N-dealkylation sites (tertiary alicyclic amines) is 1. The Hall–Kier alpha value is -1.08. The predicted octanol–water partition coefficient (Wildman–Crippen LogP) is 1.31. The standard InChI is InChI=1S/C14H19FN2O2S/c1-18-12-7-17(8-13(12)19-2)6-9-3-4-10(15)5-11(9)14(16)20/h3-5,12-13H,6-8H2,1-2H3,(H2,16,20). The van der Waals surface area contributed by atoms with Gasteiger partial charge >= 0.3 is 0 Å². The highest BCUT2D eigenvalue weighted by Gasteiger charge is 2.33. The van der Waals surface area contributed by atoms with Crippen LogP contribution in [0.25, 0.3) is 0 Å². The smallest absolute Gasteiger partial charge is 0.123 e. The lowest BCUT2D eigenvalue weighted by molar-refractivity contribution is -0.00461. The first-order valence-corrected chi connectivity index (χ1v) is 6.82. The molecule has 0 bridgehead atoms. The van der Waals surface area contributed by atoms with Gasteiger partial charge in [0.25, 0.3) is 0 Å². The SMILES string of the molecule is COC1CN(Cc2ccc(F)cc2C(N)=S)CC1OC. The van der Waals surface area contributed by atoms with Crippen molar-refractivity contribution in [3.8, 4) is 0 Å². The summed E-state index contributed by atoms with van der Waals surface area (Å²) in [5.41, 5.74) is 7.18. The van der Waals surface area contributed by atoms with Gasteiger partial charge in [-0.25, -0.2) is 4.39 Å². The molecule has 2 atom stereocenters. The van der Waals surface area contributed by atoms with E-state index in [-0.39, 0.29) is 23.0 Å². The molecule has 0 amide bonds. The lowest BCUT2D eigenvalue weighted by Crippen LogP contribution is -2.27. The highest BCUT2D eigenvalue weighted by atomic mass is 32.1. The van der Waals surface area contributed by atoms with E-state index in [0.29, 0.717) is 12.1 Å². The largest absolute Gasteiger partial charge is 0.389 e. The fraction of sp³-hybridized carbons (Fsp3) is 0.500. The third kappa shape index (κ3) is 3.32. The van der Waals surface area contributed by atoms with Crippen molar-refractivity contribution in [2.75, 3.05) is 27.3 Å². The van der Waals surface area contributed by atoms with Gasteiger partial charge in [0.2, 0.25) is 0 Å². The summed E-state index contributed by atoms with van der Waals surface area (Å²) in [5.74, 6) is -0.331.